The van der Waals surface area contributed by atoms with Crippen LogP contribution >= 0.6 is 0 Å². The van der Waals surface area contributed by atoms with Crippen molar-refractivity contribution in [3.8, 4) is 11.5 Å². The fourth-order valence-electron chi connectivity index (χ4n) is 2.11. The Kier molecular flexibility index (Phi) is 3.97. The van der Waals surface area contributed by atoms with Crippen molar-refractivity contribution < 1.29 is 4.79 Å². The van der Waals surface area contributed by atoms with E-state index >= 15 is 0 Å². The summed E-state index contributed by atoms with van der Waals surface area (Å²) in [5.74, 6) is 0.154. The zero-order valence-electron chi connectivity index (χ0n) is 12.5. The number of nitrogens with zero attached hydrogens (tertiary/aromatic N) is 3. The number of hydrogen-bond donors (Lipinski definition) is 2. The van der Waals surface area contributed by atoms with Gasteiger partial charge in [-0.15, -0.1) is 0 Å². The van der Waals surface area contributed by atoms with Gasteiger partial charge in [-0.3, -0.25) is 9.78 Å². The summed E-state index contributed by atoms with van der Waals surface area (Å²) in [5, 5.41) is 2.78. The normalized spacial score (nSPS) is 10.3. The average molecular weight is 305 g/mol. The first-order chi connectivity index (χ1) is 11.1. The number of nitrogens with two attached hydrogens (primary N) is 1. The predicted molar refractivity (Wildman–Crippen MR) is 88.8 cm³/mol. The first-order valence-corrected chi connectivity index (χ1v) is 7.05. The molecule has 3 N–H and O–H groups in total. The summed E-state index contributed by atoms with van der Waals surface area (Å²) in [7, 11) is 0. The monoisotopic (exact) mass is 305 g/mol. The minimum Gasteiger partial charge on any atom is -0.383 e. The second-order valence-electron chi connectivity index (χ2n) is 5.03. The zero-order chi connectivity index (χ0) is 16.2. The van der Waals surface area contributed by atoms with Crippen LogP contribution in [0, 0.1) is 6.92 Å². The molecule has 0 atom stereocenters. The minimum atomic E-state index is -0.347. The van der Waals surface area contributed by atoms with E-state index in [9.17, 15) is 4.79 Å². The van der Waals surface area contributed by atoms with E-state index in [2.05, 4.69) is 20.3 Å². The van der Waals surface area contributed by atoms with Crippen molar-refractivity contribution in [2.24, 2.45) is 0 Å². The second-order valence-corrected chi connectivity index (χ2v) is 5.03. The topological polar surface area (TPSA) is 93.8 Å². The fourth-order valence-corrected chi connectivity index (χ4v) is 2.11. The van der Waals surface area contributed by atoms with Crippen molar-refractivity contribution in [2.45, 2.75) is 6.92 Å². The van der Waals surface area contributed by atoms with Gasteiger partial charge in [-0.05, 0) is 36.8 Å². The Morgan fingerprint density at radius 2 is 2.00 bits per heavy atom. The third-order valence-corrected chi connectivity index (χ3v) is 3.23. The maximum atomic E-state index is 12.3. The molecule has 0 aliphatic rings. The van der Waals surface area contributed by atoms with Gasteiger partial charge >= 0.3 is 0 Å². The number of hydrogen-bond acceptors (Lipinski definition) is 5. The molecule has 0 fully saturated rings. The van der Waals surface area contributed by atoms with E-state index in [1.165, 1.54) is 6.20 Å². The van der Waals surface area contributed by atoms with E-state index in [0.717, 1.165) is 5.56 Å². The highest BCUT2D eigenvalue weighted by Crippen LogP contribution is 2.17. The summed E-state index contributed by atoms with van der Waals surface area (Å²) >= 11 is 0. The van der Waals surface area contributed by atoms with Gasteiger partial charge in [0.15, 0.2) is 5.82 Å². The fraction of sp³-hybridized carbons (Fsp3) is 0.0588. The highest BCUT2D eigenvalue weighted by Gasteiger charge is 2.14. The molecule has 2 heterocycles. The average Bonchev–Trinajstić information content (AvgIpc) is 2.55. The molecule has 1 aromatic carbocycles. The Labute approximate surface area is 133 Å². The van der Waals surface area contributed by atoms with Crippen LogP contribution in [0.3, 0.4) is 0 Å². The number of nitrogens with one attached hydrogen (secondary N) is 1. The predicted octanol–water partition coefficient (Wildman–Crippen LogP) is 2.68. The zero-order valence-corrected chi connectivity index (χ0v) is 12.5. The van der Waals surface area contributed by atoms with E-state index in [0.29, 0.717) is 17.2 Å². The summed E-state index contributed by atoms with van der Waals surface area (Å²) in [4.78, 5) is 24.8. The maximum absolute atomic E-state index is 12.3. The Morgan fingerprint density at radius 1 is 1.13 bits per heavy atom. The molecule has 3 aromatic rings. The van der Waals surface area contributed by atoms with Crippen LogP contribution in [0.5, 0.6) is 0 Å². The van der Waals surface area contributed by atoms with Crippen LogP contribution < -0.4 is 11.1 Å². The maximum Gasteiger partial charge on any atom is 0.260 e. The number of pyridine rings is 1. The van der Waals surface area contributed by atoms with Gasteiger partial charge in [0.2, 0.25) is 0 Å². The first kappa shape index (κ1) is 14.6. The third kappa shape index (κ3) is 3.32. The van der Waals surface area contributed by atoms with Crippen LogP contribution in [0.15, 0.2) is 54.9 Å². The Hall–Kier alpha value is -3.28. The Bertz CT molecular complexity index is 849. The van der Waals surface area contributed by atoms with E-state index < -0.39 is 0 Å². The molecule has 0 spiro atoms. The number of benzene rings is 1. The highest BCUT2D eigenvalue weighted by atomic mass is 16.1. The van der Waals surface area contributed by atoms with E-state index in [4.69, 9.17) is 5.73 Å². The molecule has 0 saturated carbocycles. The molecule has 0 aliphatic carbocycles. The van der Waals surface area contributed by atoms with Gasteiger partial charge in [0.25, 0.3) is 5.91 Å². The van der Waals surface area contributed by atoms with Gasteiger partial charge in [0.1, 0.15) is 17.1 Å². The molecule has 6 nitrogen and oxygen atoms in total. The summed E-state index contributed by atoms with van der Waals surface area (Å²) in [6, 6.07) is 12.9. The SMILES string of the molecule is Cc1cccc(NC(=O)c2cnc(-c3ccccn3)nc2N)c1. The lowest BCUT2D eigenvalue weighted by molar-refractivity contribution is 0.102. The van der Waals surface area contributed by atoms with Crippen molar-refractivity contribution in [3.63, 3.8) is 0 Å². The number of carbonyl (C=O) groups excluding carboxylic acids is 1. The molecule has 0 radical (unpaired) electrons. The summed E-state index contributed by atoms with van der Waals surface area (Å²) in [5.41, 5.74) is 8.48. The minimum absolute atomic E-state index is 0.116. The molecule has 3 rings (SSSR count). The van der Waals surface area contributed by atoms with Crippen molar-refractivity contribution in [1.29, 1.82) is 0 Å². The van der Waals surface area contributed by atoms with Gasteiger partial charge in [0.05, 0.1) is 0 Å². The highest BCUT2D eigenvalue weighted by molar-refractivity contribution is 6.07. The third-order valence-electron chi connectivity index (χ3n) is 3.23. The van der Waals surface area contributed by atoms with Crippen molar-refractivity contribution in [3.05, 3.63) is 66.0 Å². The Morgan fingerprint density at radius 3 is 2.70 bits per heavy atom. The Balaban J connectivity index is 1.84. The quantitative estimate of drug-likeness (QED) is 0.776. The molecule has 0 unspecified atom stereocenters. The van der Waals surface area contributed by atoms with Crippen LogP contribution in [0.1, 0.15) is 15.9 Å². The lowest BCUT2D eigenvalue weighted by Crippen LogP contribution is -2.16. The number of carbonyl (C=O) groups is 1. The molecular weight excluding hydrogens is 290 g/mol. The van der Waals surface area contributed by atoms with Gasteiger partial charge < -0.3 is 11.1 Å². The lowest BCUT2D eigenvalue weighted by Gasteiger charge is -2.08. The number of aryl methyl sites for hydroxylation is 1. The summed E-state index contributed by atoms with van der Waals surface area (Å²) in [6.45, 7) is 1.95. The molecular formula is C17H15N5O. The summed E-state index contributed by atoms with van der Waals surface area (Å²) in [6.07, 6.45) is 3.06. The van der Waals surface area contributed by atoms with Crippen LogP contribution in [-0.2, 0) is 0 Å². The van der Waals surface area contributed by atoms with E-state index in [1.807, 2.05) is 37.3 Å². The molecule has 23 heavy (non-hydrogen) atoms. The molecule has 1 amide bonds. The van der Waals surface area contributed by atoms with Crippen molar-refractivity contribution in [1.82, 2.24) is 15.0 Å². The number of anilines is 2. The van der Waals surface area contributed by atoms with Crippen molar-refractivity contribution in [2.75, 3.05) is 11.1 Å². The van der Waals surface area contributed by atoms with Gasteiger partial charge in [0, 0.05) is 18.1 Å². The largest absolute Gasteiger partial charge is 0.383 e. The van der Waals surface area contributed by atoms with E-state index in [-0.39, 0.29) is 17.3 Å². The van der Waals surface area contributed by atoms with Crippen LogP contribution in [0.25, 0.3) is 11.5 Å². The van der Waals surface area contributed by atoms with Crippen LogP contribution in [0.4, 0.5) is 11.5 Å². The molecule has 0 bridgehead atoms. The number of amides is 1. The molecule has 6 heteroatoms. The second kappa shape index (κ2) is 6.23. The molecule has 114 valence electrons. The number of aromatic nitrogens is 3. The van der Waals surface area contributed by atoms with Crippen LogP contribution in [0.2, 0.25) is 0 Å². The number of rotatable bonds is 3. The van der Waals surface area contributed by atoms with Gasteiger partial charge in [-0.2, -0.15) is 0 Å². The first-order valence-electron chi connectivity index (χ1n) is 7.05. The molecule has 0 saturated heterocycles. The van der Waals surface area contributed by atoms with Crippen LogP contribution in [-0.4, -0.2) is 20.9 Å². The van der Waals surface area contributed by atoms with Crippen molar-refractivity contribution >= 4 is 17.4 Å². The van der Waals surface area contributed by atoms with Gasteiger partial charge in [-0.25, -0.2) is 9.97 Å². The number of nitrogen functional groups attached to an aromatic ring is 1. The smallest absolute Gasteiger partial charge is 0.260 e. The van der Waals surface area contributed by atoms with E-state index in [1.54, 1.807) is 18.3 Å². The molecule has 0 aliphatic heterocycles. The molecule has 2 aromatic heterocycles. The van der Waals surface area contributed by atoms with Gasteiger partial charge in [-0.1, -0.05) is 18.2 Å². The summed E-state index contributed by atoms with van der Waals surface area (Å²) < 4.78 is 0. The lowest BCUT2D eigenvalue weighted by atomic mass is 10.2. The standard InChI is InChI=1S/C17H15N5O/c1-11-5-4-6-12(9-11)21-17(23)13-10-20-16(22-15(13)18)14-7-2-3-8-19-14/h2-10H,1H3,(H,21,23)(H2,18,20,22).